The van der Waals surface area contributed by atoms with Gasteiger partial charge in [0.25, 0.3) is 0 Å². The third-order valence-corrected chi connectivity index (χ3v) is 3.55. The number of fused-ring (bicyclic) bond motifs is 1. The first kappa shape index (κ1) is 14.2. The summed E-state index contributed by atoms with van der Waals surface area (Å²) in [7, 11) is 0. The van der Waals surface area contributed by atoms with Gasteiger partial charge in [-0.1, -0.05) is 0 Å². The van der Waals surface area contributed by atoms with Crippen LogP contribution < -0.4 is 11.1 Å². The van der Waals surface area contributed by atoms with Crippen molar-refractivity contribution < 1.29 is 4.79 Å². The van der Waals surface area contributed by atoms with Crippen LogP contribution in [-0.2, 0) is 0 Å². The zero-order valence-electron chi connectivity index (χ0n) is 12.8. The predicted molar refractivity (Wildman–Crippen MR) is 87.4 cm³/mol. The Kier molecular flexibility index (Phi) is 3.36. The van der Waals surface area contributed by atoms with Crippen LogP contribution in [0.25, 0.3) is 10.9 Å². The fourth-order valence-corrected chi connectivity index (χ4v) is 2.59. The van der Waals surface area contributed by atoms with Gasteiger partial charge < -0.3 is 16.0 Å². The summed E-state index contributed by atoms with van der Waals surface area (Å²) < 4.78 is 1.91. The molecule has 0 bridgehead atoms. The van der Waals surface area contributed by atoms with Crippen LogP contribution in [0.2, 0.25) is 0 Å². The summed E-state index contributed by atoms with van der Waals surface area (Å²) in [5.41, 5.74) is 8.58. The van der Waals surface area contributed by atoms with Gasteiger partial charge in [0.05, 0.1) is 11.3 Å². The number of H-pyrrole nitrogens is 1. The molecule has 3 aromatic rings. The molecule has 0 saturated heterocycles. The van der Waals surface area contributed by atoms with Gasteiger partial charge in [-0.05, 0) is 39.0 Å². The molecule has 1 aromatic carbocycles. The van der Waals surface area contributed by atoms with Crippen LogP contribution in [0.5, 0.6) is 0 Å². The summed E-state index contributed by atoms with van der Waals surface area (Å²) in [6.45, 7) is 6.09. The summed E-state index contributed by atoms with van der Waals surface area (Å²) >= 11 is 0. The lowest BCUT2D eigenvalue weighted by Gasteiger charge is -2.13. The number of nitrogens with one attached hydrogen (secondary N) is 2. The van der Waals surface area contributed by atoms with E-state index >= 15 is 0 Å². The van der Waals surface area contributed by atoms with Crippen LogP contribution >= 0.6 is 0 Å². The molecule has 1 amide bonds. The van der Waals surface area contributed by atoms with Gasteiger partial charge in [0.15, 0.2) is 0 Å². The molecule has 0 aliphatic heterocycles. The monoisotopic (exact) mass is 297 g/mol. The van der Waals surface area contributed by atoms with E-state index in [9.17, 15) is 4.79 Å². The number of aromatic nitrogens is 3. The minimum absolute atomic E-state index is 0.237. The molecule has 0 atom stereocenters. The first-order chi connectivity index (χ1) is 10.5. The molecule has 2 heterocycles. The Balaban J connectivity index is 2.06. The zero-order valence-corrected chi connectivity index (χ0v) is 12.8. The van der Waals surface area contributed by atoms with E-state index in [0.717, 1.165) is 28.1 Å². The number of hydrogen-bond acceptors (Lipinski definition) is 3. The third-order valence-electron chi connectivity index (χ3n) is 3.55. The maximum Gasteiger partial charge on any atom is 0.249 e. The standard InChI is InChI=1S/C16H19N5O/c1-9(2)21-15(6-10(3)20-21)19-11-7-13(16(17)22)12-4-5-18-14(12)8-11/h4-9,18-19H,1-3H3,(H2,17,22). The van der Waals surface area contributed by atoms with Crippen molar-refractivity contribution in [2.45, 2.75) is 26.8 Å². The van der Waals surface area contributed by atoms with E-state index in [4.69, 9.17) is 5.73 Å². The Morgan fingerprint density at radius 1 is 1.36 bits per heavy atom. The van der Waals surface area contributed by atoms with Gasteiger partial charge in [-0.2, -0.15) is 5.10 Å². The third kappa shape index (κ3) is 2.43. The van der Waals surface area contributed by atoms with E-state index in [-0.39, 0.29) is 6.04 Å². The minimum Gasteiger partial charge on any atom is -0.366 e. The largest absolute Gasteiger partial charge is 0.366 e. The molecule has 4 N–H and O–H groups in total. The molecule has 6 nitrogen and oxygen atoms in total. The molecule has 0 fully saturated rings. The Morgan fingerprint density at radius 2 is 2.14 bits per heavy atom. The zero-order chi connectivity index (χ0) is 15.9. The average Bonchev–Trinajstić information content (AvgIpc) is 3.04. The summed E-state index contributed by atoms with van der Waals surface area (Å²) in [4.78, 5) is 14.8. The molecule has 3 rings (SSSR count). The second-order valence-electron chi connectivity index (χ2n) is 5.66. The van der Waals surface area contributed by atoms with E-state index in [1.54, 1.807) is 12.3 Å². The molecule has 6 heteroatoms. The highest BCUT2D eigenvalue weighted by Gasteiger charge is 2.13. The number of primary amides is 1. The fraction of sp³-hybridized carbons (Fsp3) is 0.250. The van der Waals surface area contributed by atoms with E-state index < -0.39 is 5.91 Å². The number of aryl methyl sites for hydroxylation is 1. The van der Waals surface area contributed by atoms with Gasteiger partial charge in [-0.15, -0.1) is 0 Å². The molecular weight excluding hydrogens is 278 g/mol. The highest BCUT2D eigenvalue weighted by Crippen LogP contribution is 2.26. The average molecular weight is 297 g/mol. The van der Waals surface area contributed by atoms with Gasteiger partial charge in [-0.3, -0.25) is 4.79 Å². The number of amides is 1. The fourth-order valence-electron chi connectivity index (χ4n) is 2.59. The number of rotatable bonds is 4. The van der Waals surface area contributed by atoms with Crippen molar-refractivity contribution in [3.63, 3.8) is 0 Å². The summed E-state index contributed by atoms with van der Waals surface area (Å²) in [5, 5.41) is 8.62. The Morgan fingerprint density at radius 3 is 2.82 bits per heavy atom. The number of benzene rings is 1. The van der Waals surface area contributed by atoms with Crippen molar-refractivity contribution in [2.24, 2.45) is 5.73 Å². The number of anilines is 2. The van der Waals surface area contributed by atoms with Gasteiger partial charge in [-0.25, -0.2) is 4.68 Å². The molecular formula is C16H19N5O. The molecule has 22 heavy (non-hydrogen) atoms. The van der Waals surface area contributed by atoms with Gasteiger partial charge in [0.1, 0.15) is 5.82 Å². The predicted octanol–water partition coefficient (Wildman–Crippen LogP) is 3.10. The molecule has 114 valence electrons. The highest BCUT2D eigenvalue weighted by molar-refractivity contribution is 6.07. The van der Waals surface area contributed by atoms with Crippen LogP contribution in [-0.4, -0.2) is 20.7 Å². The lowest BCUT2D eigenvalue weighted by molar-refractivity contribution is 0.100. The Labute approximate surface area is 128 Å². The maximum atomic E-state index is 11.7. The van der Waals surface area contributed by atoms with Gasteiger partial charge >= 0.3 is 0 Å². The van der Waals surface area contributed by atoms with E-state index in [1.807, 2.05) is 29.8 Å². The molecule has 0 aliphatic rings. The van der Waals surface area contributed by atoms with Crippen molar-refractivity contribution in [2.75, 3.05) is 5.32 Å². The van der Waals surface area contributed by atoms with Crippen molar-refractivity contribution in [3.8, 4) is 0 Å². The van der Waals surface area contributed by atoms with Crippen molar-refractivity contribution in [1.82, 2.24) is 14.8 Å². The van der Waals surface area contributed by atoms with Crippen molar-refractivity contribution >= 4 is 28.3 Å². The lowest BCUT2D eigenvalue weighted by Crippen LogP contribution is -2.12. The van der Waals surface area contributed by atoms with E-state index in [1.165, 1.54) is 0 Å². The molecule has 0 aliphatic carbocycles. The summed E-state index contributed by atoms with van der Waals surface area (Å²) in [6.07, 6.45) is 1.80. The molecule has 0 unspecified atom stereocenters. The van der Waals surface area contributed by atoms with Crippen LogP contribution in [0.1, 0.15) is 35.9 Å². The number of carbonyl (C=O) groups excluding carboxylic acids is 1. The smallest absolute Gasteiger partial charge is 0.249 e. The van der Waals surface area contributed by atoms with Gasteiger partial charge in [0.2, 0.25) is 5.91 Å². The second kappa shape index (κ2) is 5.22. The van der Waals surface area contributed by atoms with Crippen LogP contribution in [0.15, 0.2) is 30.5 Å². The number of nitrogens with zero attached hydrogens (tertiary/aromatic N) is 2. The van der Waals surface area contributed by atoms with Crippen molar-refractivity contribution in [1.29, 1.82) is 0 Å². The Hall–Kier alpha value is -2.76. The van der Waals surface area contributed by atoms with Crippen LogP contribution in [0, 0.1) is 6.92 Å². The SMILES string of the molecule is Cc1cc(Nc2cc(C(N)=O)c3cc[nH]c3c2)n(C(C)C)n1. The Bertz CT molecular complexity index is 843. The van der Waals surface area contributed by atoms with Crippen molar-refractivity contribution in [3.05, 3.63) is 41.7 Å². The first-order valence-electron chi connectivity index (χ1n) is 7.20. The van der Waals surface area contributed by atoms with E-state index in [2.05, 4.69) is 29.2 Å². The van der Waals surface area contributed by atoms with E-state index in [0.29, 0.717) is 5.56 Å². The maximum absolute atomic E-state index is 11.7. The van der Waals surface area contributed by atoms with Crippen LogP contribution in [0.4, 0.5) is 11.5 Å². The number of hydrogen-bond donors (Lipinski definition) is 3. The number of nitrogens with two attached hydrogens (primary N) is 1. The molecule has 2 aromatic heterocycles. The number of carbonyl (C=O) groups is 1. The molecule has 0 radical (unpaired) electrons. The van der Waals surface area contributed by atoms with Gasteiger partial charge in [0, 0.05) is 34.9 Å². The molecule has 0 spiro atoms. The lowest BCUT2D eigenvalue weighted by atomic mass is 10.1. The number of aromatic amines is 1. The summed E-state index contributed by atoms with van der Waals surface area (Å²) in [5.74, 6) is 0.440. The highest BCUT2D eigenvalue weighted by atomic mass is 16.1. The summed E-state index contributed by atoms with van der Waals surface area (Å²) in [6, 6.07) is 7.78. The topological polar surface area (TPSA) is 88.7 Å². The van der Waals surface area contributed by atoms with Crippen LogP contribution in [0.3, 0.4) is 0 Å². The quantitative estimate of drug-likeness (QED) is 0.691. The normalized spacial score (nSPS) is 11.3. The molecule has 0 saturated carbocycles. The minimum atomic E-state index is -0.443. The second-order valence-corrected chi connectivity index (χ2v) is 5.66. The first-order valence-corrected chi connectivity index (χ1v) is 7.20.